The Kier molecular flexibility index (Phi) is 5.53. The zero-order valence-corrected chi connectivity index (χ0v) is 16.1. The van der Waals surface area contributed by atoms with E-state index in [1.807, 2.05) is 6.07 Å². The molecule has 0 unspecified atom stereocenters. The van der Waals surface area contributed by atoms with Crippen molar-refractivity contribution in [1.29, 1.82) is 0 Å². The first kappa shape index (κ1) is 19.7. The van der Waals surface area contributed by atoms with Crippen LogP contribution < -0.4 is 9.47 Å². The van der Waals surface area contributed by atoms with E-state index < -0.39 is 24.4 Å². The van der Waals surface area contributed by atoms with Gasteiger partial charge in [0.2, 0.25) is 5.91 Å². The number of benzene rings is 1. The Morgan fingerprint density at radius 3 is 2.43 bits per heavy atom. The van der Waals surface area contributed by atoms with Crippen LogP contribution >= 0.6 is 0 Å². The number of carbonyl (C=O) groups excluding carboxylic acids is 4. The van der Waals surface area contributed by atoms with Gasteiger partial charge >= 0.3 is 17.8 Å². The lowest BCUT2D eigenvalue weighted by Gasteiger charge is -2.28. The highest BCUT2D eigenvalue weighted by atomic mass is 16.5. The second kappa shape index (κ2) is 7.87. The fraction of sp³-hybridized carbons (Fsp3) is 0.474. The minimum absolute atomic E-state index is 0.0848. The number of urea groups is 1. The molecule has 3 rings (SSSR count). The van der Waals surface area contributed by atoms with Gasteiger partial charge in [0.15, 0.2) is 0 Å². The van der Waals surface area contributed by atoms with E-state index in [0.717, 1.165) is 23.3 Å². The molecule has 9 nitrogen and oxygen atoms in total. The fourth-order valence-electron chi connectivity index (χ4n) is 3.68. The topological polar surface area (TPSA) is 96.5 Å². The summed E-state index contributed by atoms with van der Waals surface area (Å²) in [6.45, 7) is 1.72. The number of imide groups is 2. The highest BCUT2D eigenvalue weighted by molar-refractivity contribution is 6.45. The summed E-state index contributed by atoms with van der Waals surface area (Å²) in [6.07, 6.45) is 1.50. The highest BCUT2D eigenvalue weighted by Gasteiger charge is 2.45. The smallest absolute Gasteiger partial charge is 0.334 e. The van der Waals surface area contributed by atoms with Crippen LogP contribution in [0.25, 0.3) is 0 Å². The Bertz CT molecular complexity index is 824. The molecule has 2 aliphatic heterocycles. The Hall–Kier alpha value is -3.10. The molecule has 1 atom stereocenters. The van der Waals surface area contributed by atoms with E-state index in [-0.39, 0.29) is 18.5 Å². The fourth-order valence-corrected chi connectivity index (χ4v) is 3.68. The van der Waals surface area contributed by atoms with Gasteiger partial charge in [0.25, 0.3) is 0 Å². The van der Waals surface area contributed by atoms with Crippen molar-refractivity contribution in [3.05, 3.63) is 23.8 Å². The van der Waals surface area contributed by atoms with Crippen molar-refractivity contribution in [2.45, 2.75) is 25.8 Å². The maximum Gasteiger partial charge on any atom is 0.334 e. The van der Waals surface area contributed by atoms with Crippen molar-refractivity contribution in [1.82, 2.24) is 14.7 Å². The lowest BCUT2D eigenvalue weighted by atomic mass is 10.0. The molecule has 9 heteroatoms. The van der Waals surface area contributed by atoms with Crippen LogP contribution in [0.5, 0.6) is 11.5 Å². The third-order valence-corrected chi connectivity index (χ3v) is 5.11. The summed E-state index contributed by atoms with van der Waals surface area (Å²) < 4.78 is 10.7. The van der Waals surface area contributed by atoms with Crippen molar-refractivity contribution < 1.29 is 28.7 Å². The molecule has 150 valence electrons. The summed E-state index contributed by atoms with van der Waals surface area (Å²) in [6, 6.07) is 4.36. The highest BCUT2D eigenvalue weighted by Crippen LogP contribution is 2.39. The van der Waals surface area contributed by atoms with Crippen molar-refractivity contribution in [3.63, 3.8) is 0 Å². The maximum atomic E-state index is 12.9. The molecule has 2 heterocycles. The minimum Gasteiger partial charge on any atom is -0.497 e. The van der Waals surface area contributed by atoms with E-state index in [4.69, 9.17) is 9.47 Å². The molecule has 0 aromatic heterocycles. The van der Waals surface area contributed by atoms with Gasteiger partial charge in [0, 0.05) is 18.7 Å². The molecule has 2 aliphatic rings. The molecule has 5 amide bonds. The predicted octanol–water partition coefficient (Wildman–Crippen LogP) is 1.18. The molecule has 0 N–H and O–H groups in total. The average Bonchev–Trinajstić information content (AvgIpc) is 3.27. The summed E-state index contributed by atoms with van der Waals surface area (Å²) in [5, 5.41) is 0. The van der Waals surface area contributed by atoms with Crippen LogP contribution in [0, 0.1) is 0 Å². The Morgan fingerprint density at radius 2 is 1.82 bits per heavy atom. The quantitative estimate of drug-likeness (QED) is 0.535. The molecular formula is C19H23N3O6. The van der Waals surface area contributed by atoms with E-state index in [0.29, 0.717) is 22.9 Å². The number of likely N-dealkylation sites (N-methyl/N-ethyl adjacent to an activating group) is 1. The first-order valence-electron chi connectivity index (χ1n) is 9.11. The average molecular weight is 389 g/mol. The number of nitrogens with zero attached hydrogens (tertiary/aromatic N) is 3. The SMILES string of the molecule is CCN1C(=O)C(=O)N(CC(=O)N2CCC[C@H]2c2cc(OC)ccc2OC)C1=O. The van der Waals surface area contributed by atoms with Crippen molar-refractivity contribution in [2.24, 2.45) is 0 Å². The summed E-state index contributed by atoms with van der Waals surface area (Å²) in [5.41, 5.74) is 0.804. The van der Waals surface area contributed by atoms with Gasteiger partial charge in [-0.2, -0.15) is 0 Å². The van der Waals surface area contributed by atoms with Gasteiger partial charge in [-0.1, -0.05) is 0 Å². The van der Waals surface area contributed by atoms with Gasteiger partial charge in [0.05, 0.1) is 20.3 Å². The zero-order valence-electron chi connectivity index (χ0n) is 16.1. The molecule has 0 saturated carbocycles. The number of hydrogen-bond acceptors (Lipinski definition) is 6. The van der Waals surface area contributed by atoms with E-state index in [2.05, 4.69) is 0 Å². The van der Waals surface area contributed by atoms with Gasteiger partial charge in [-0.05, 0) is 38.0 Å². The summed E-state index contributed by atoms with van der Waals surface area (Å²) in [5.74, 6) is -0.974. The second-order valence-electron chi connectivity index (χ2n) is 6.58. The molecule has 0 radical (unpaired) electrons. The van der Waals surface area contributed by atoms with Crippen LogP contribution in [-0.4, -0.2) is 72.3 Å². The molecular weight excluding hydrogens is 366 g/mol. The summed E-state index contributed by atoms with van der Waals surface area (Å²) in [7, 11) is 3.11. The molecule has 28 heavy (non-hydrogen) atoms. The van der Waals surface area contributed by atoms with Crippen LogP contribution in [-0.2, 0) is 14.4 Å². The number of rotatable bonds is 6. The molecule has 0 aliphatic carbocycles. The number of hydrogen-bond donors (Lipinski definition) is 0. The van der Waals surface area contributed by atoms with E-state index in [1.165, 1.54) is 0 Å². The number of ether oxygens (including phenoxy) is 2. The maximum absolute atomic E-state index is 12.9. The standard InChI is InChI=1S/C19H23N3O6/c1-4-20-17(24)18(25)22(19(20)26)11-16(23)21-9-5-6-14(21)13-10-12(27-2)7-8-15(13)28-3/h7-8,10,14H,4-6,9,11H2,1-3H3/t14-/m0/s1. The summed E-state index contributed by atoms with van der Waals surface area (Å²) in [4.78, 5) is 52.3. The van der Waals surface area contributed by atoms with Gasteiger partial charge in [-0.25, -0.2) is 9.69 Å². The third kappa shape index (κ3) is 3.28. The largest absolute Gasteiger partial charge is 0.497 e. The number of amides is 5. The molecule has 0 spiro atoms. The molecule has 2 saturated heterocycles. The molecule has 0 bridgehead atoms. The van der Waals surface area contributed by atoms with Crippen molar-refractivity contribution in [3.8, 4) is 11.5 Å². The molecule has 1 aromatic carbocycles. The van der Waals surface area contributed by atoms with Gasteiger partial charge < -0.3 is 14.4 Å². The Labute approximate surface area is 162 Å². The van der Waals surface area contributed by atoms with Gasteiger partial charge in [-0.15, -0.1) is 0 Å². The van der Waals surface area contributed by atoms with Crippen LogP contribution in [0.2, 0.25) is 0 Å². The minimum atomic E-state index is -0.963. The third-order valence-electron chi connectivity index (χ3n) is 5.11. The predicted molar refractivity (Wildman–Crippen MR) is 97.7 cm³/mol. The Balaban J connectivity index is 1.82. The number of likely N-dealkylation sites (tertiary alicyclic amines) is 1. The van der Waals surface area contributed by atoms with E-state index in [1.54, 1.807) is 38.2 Å². The number of carbonyl (C=O) groups is 4. The van der Waals surface area contributed by atoms with Crippen LogP contribution in [0.4, 0.5) is 4.79 Å². The number of methoxy groups -OCH3 is 2. The lowest BCUT2D eigenvalue weighted by Crippen LogP contribution is -2.43. The zero-order chi connectivity index (χ0) is 20.4. The Morgan fingerprint density at radius 1 is 1.11 bits per heavy atom. The normalized spacial score (nSPS) is 19.6. The molecule has 1 aromatic rings. The first-order chi connectivity index (χ1) is 13.4. The van der Waals surface area contributed by atoms with Crippen LogP contribution in [0.15, 0.2) is 18.2 Å². The summed E-state index contributed by atoms with van der Waals surface area (Å²) >= 11 is 0. The van der Waals surface area contributed by atoms with Crippen molar-refractivity contribution in [2.75, 3.05) is 33.9 Å². The first-order valence-corrected chi connectivity index (χ1v) is 9.11. The van der Waals surface area contributed by atoms with Crippen LogP contribution in [0.3, 0.4) is 0 Å². The van der Waals surface area contributed by atoms with Gasteiger partial charge in [-0.3, -0.25) is 19.3 Å². The van der Waals surface area contributed by atoms with Gasteiger partial charge in [0.1, 0.15) is 18.0 Å². The molecule has 2 fully saturated rings. The lowest BCUT2D eigenvalue weighted by molar-refractivity contribution is -0.145. The monoisotopic (exact) mass is 389 g/mol. The van der Waals surface area contributed by atoms with E-state index in [9.17, 15) is 19.2 Å². The van der Waals surface area contributed by atoms with Crippen molar-refractivity contribution >= 4 is 23.8 Å². The second-order valence-corrected chi connectivity index (χ2v) is 6.58. The van der Waals surface area contributed by atoms with E-state index >= 15 is 0 Å². The van der Waals surface area contributed by atoms with Crippen LogP contribution in [0.1, 0.15) is 31.4 Å².